The second kappa shape index (κ2) is 4.07. The zero-order valence-electron chi connectivity index (χ0n) is 10.5. The number of amides is 3. The summed E-state index contributed by atoms with van der Waals surface area (Å²) in [6.45, 7) is 2.24. The van der Waals surface area contributed by atoms with Gasteiger partial charge in [-0.3, -0.25) is 19.3 Å². The first-order chi connectivity index (χ1) is 8.63. The molecule has 3 aliphatic rings. The van der Waals surface area contributed by atoms with Crippen molar-refractivity contribution in [2.75, 3.05) is 13.1 Å². The molecule has 1 N–H and O–H groups in total. The lowest BCUT2D eigenvalue weighted by molar-refractivity contribution is -0.144. The molecule has 5 heteroatoms. The van der Waals surface area contributed by atoms with Crippen LogP contribution in [0.2, 0.25) is 0 Å². The second-order valence-corrected chi connectivity index (χ2v) is 5.60. The molecule has 98 valence electrons. The fraction of sp³-hybridized carbons (Fsp3) is 0.769. The third-order valence-corrected chi connectivity index (χ3v) is 4.69. The van der Waals surface area contributed by atoms with Gasteiger partial charge in [0.1, 0.15) is 6.54 Å². The summed E-state index contributed by atoms with van der Waals surface area (Å²) in [6, 6.07) is 0. The third kappa shape index (κ3) is 1.49. The van der Waals surface area contributed by atoms with Crippen LogP contribution in [0.1, 0.15) is 26.2 Å². The van der Waals surface area contributed by atoms with Crippen molar-refractivity contribution in [3.8, 4) is 0 Å². The second-order valence-electron chi connectivity index (χ2n) is 5.60. The first-order valence-corrected chi connectivity index (χ1v) is 6.75. The van der Waals surface area contributed by atoms with Crippen LogP contribution in [0, 0.1) is 23.7 Å². The van der Waals surface area contributed by atoms with Crippen LogP contribution in [-0.2, 0) is 14.4 Å². The average molecular weight is 250 g/mol. The van der Waals surface area contributed by atoms with Gasteiger partial charge < -0.3 is 5.32 Å². The first kappa shape index (κ1) is 11.7. The van der Waals surface area contributed by atoms with Crippen LogP contribution in [0.3, 0.4) is 0 Å². The van der Waals surface area contributed by atoms with E-state index in [2.05, 4.69) is 5.32 Å². The summed E-state index contributed by atoms with van der Waals surface area (Å²) in [5.41, 5.74) is 0. The molecule has 5 nitrogen and oxygen atoms in total. The average Bonchev–Trinajstić information content (AvgIpc) is 2.99. The molecule has 0 aromatic rings. The van der Waals surface area contributed by atoms with Gasteiger partial charge in [-0.15, -0.1) is 0 Å². The van der Waals surface area contributed by atoms with Crippen molar-refractivity contribution in [1.82, 2.24) is 10.2 Å². The molecular weight excluding hydrogens is 232 g/mol. The summed E-state index contributed by atoms with van der Waals surface area (Å²) >= 11 is 0. The molecule has 3 rings (SSSR count). The third-order valence-electron chi connectivity index (χ3n) is 4.69. The monoisotopic (exact) mass is 250 g/mol. The van der Waals surface area contributed by atoms with E-state index in [-0.39, 0.29) is 36.1 Å². The Labute approximate surface area is 106 Å². The van der Waals surface area contributed by atoms with Crippen molar-refractivity contribution in [2.45, 2.75) is 26.2 Å². The SMILES string of the molecule is CCNC(=O)CN1C(=O)C2C3CCC(C3)C2C1=O. The summed E-state index contributed by atoms with van der Waals surface area (Å²) < 4.78 is 0. The maximum Gasteiger partial charge on any atom is 0.240 e. The minimum Gasteiger partial charge on any atom is -0.355 e. The van der Waals surface area contributed by atoms with Crippen molar-refractivity contribution in [3.63, 3.8) is 0 Å². The highest BCUT2D eigenvalue weighted by molar-refractivity contribution is 6.08. The molecule has 18 heavy (non-hydrogen) atoms. The lowest BCUT2D eigenvalue weighted by Crippen LogP contribution is -2.41. The zero-order valence-corrected chi connectivity index (χ0v) is 10.5. The smallest absolute Gasteiger partial charge is 0.240 e. The number of likely N-dealkylation sites (tertiary alicyclic amines) is 1. The van der Waals surface area contributed by atoms with Crippen LogP contribution in [0.5, 0.6) is 0 Å². The Morgan fingerprint density at radius 2 is 1.78 bits per heavy atom. The summed E-state index contributed by atoms with van der Waals surface area (Å²) in [7, 11) is 0. The van der Waals surface area contributed by atoms with Crippen LogP contribution >= 0.6 is 0 Å². The molecular formula is C13H18N2O3. The van der Waals surface area contributed by atoms with Gasteiger partial charge in [0.2, 0.25) is 17.7 Å². The molecule has 3 fully saturated rings. The van der Waals surface area contributed by atoms with Crippen molar-refractivity contribution in [2.24, 2.45) is 23.7 Å². The maximum absolute atomic E-state index is 12.3. The van der Waals surface area contributed by atoms with Gasteiger partial charge >= 0.3 is 0 Å². The fourth-order valence-corrected chi connectivity index (χ4v) is 4.02. The maximum atomic E-state index is 12.3. The number of imide groups is 1. The van der Waals surface area contributed by atoms with Gasteiger partial charge in [-0.05, 0) is 38.0 Å². The largest absolute Gasteiger partial charge is 0.355 e. The Hall–Kier alpha value is -1.39. The Morgan fingerprint density at radius 1 is 1.22 bits per heavy atom. The topological polar surface area (TPSA) is 66.5 Å². The molecule has 1 aliphatic heterocycles. The van der Waals surface area contributed by atoms with Gasteiger partial charge in [0.15, 0.2) is 0 Å². The molecule has 2 aliphatic carbocycles. The molecule has 2 saturated carbocycles. The molecule has 1 heterocycles. The number of rotatable bonds is 3. The van der Waals surface area contributed by atoms with Gasteiger partial charge in [-0.2, -0.15) is 0 Å². The molecule has 0 radical (unpaired) electrons. The Kier molecular flexibility index (Phi) is 2.64. The van der Waals surface area contributed by atoms with Crippen molar-refractivity contribution in [3.05, 3.63) is 0 Å². The van der Waals surface area contributed by atoms with E-state index in [9.17, 15) is 14.4 Å². The van der Waals surface area contributed by atoms with E-state index in [1.165, 1.54) is 4.90 Å². The van der Waals surface area contributed by atoms with E-state index < -0.39 is 0 Å². The van der Waals surface area contributed by atoms with E-state index in [1.807, 2.05) is 6.92 Å². The summed E-state index contributed by atoms with van der Waals surface area (Å²) in [5.74, 6) is 0.0705. The summed E-state index contributed by atoms with van der Waals surface area (Å²) in [6.07, 6.45) is 3.17. The molecule has 4 unspecified atom stereocenters. The number of nitrogens with one attached hydrogen (secondary N) is 1. The molecule has 2 bridgehead atoms. The van der Waals surface area contributed by atoms with Crippen LogP contribution in [-0.4, -0.2) is 35.7 Å². The van der Waals surface area contributed by atoms with Crippen LogP contribution < -0.4 is 5.32 Å². The van der Waals surface area contributed by atoms with Gasteiger partial charge in [0.25, 0.3) is 0 Å². The highest BCUT2D eigenvalue weighted by Crippen LogP contribution is 2.55. The van der Waals surface area contributed by atoms with E-state index in [1.54, 1.807) is 0 Å². The number of carbonyl (C=O) groups is 3. The lowest BCUT2D eigenvalue weighted by atomic mass is 9.81. The Bertz CT molecular complexity index is 392. The number of hydrogen-bond donors (Lipinski definition) is 1. The van der Waals surface area contributed by atoms with E-state index in [4.69, 9.17) is 0 Å². The predicted molar refractivity (Wildman–Crippen MR) is 63.2 cm³/mol. The highest BCUT2D eigenvalue weighted by atomic mass is 16.2. The van der Waals surface area contributed by atoms with Crippen LogP contribution in [0.4, 0.5) is 0 Å². The molecule has 0 aromatic heterocycles. The molecule has 1 saturated heterocycles. The quantitative estimate of drug-likeness (QED) is 0.725. The molecule has 0 aromatic carbocycles. The fourth-order valence-electron chi connectivity index (χ4n) is 4.02. The van der Waals surface area contributed by atoms with E-state index >= 15 is 0 Å². The number of nitrogens with zero attached hydrogens (tertiary/aromatic N) is 1. The normalized spacial score (nSPS) is 37.3. The van der Waals surface area contributed by atoms with Gasteiger partial charge in [-0.25, -0.2) is 0 Å². The number of fused-ring (bicyclic) bond motifs is 5. The van der Waals surface area contributed by atoms with Crippen molar-refractivity contribution < 1.29 is 14.4 Å². The van der Waals surface area contributed by atoms with Gasteiger partial charge in [0, 0.05) is 6.54 Å². The number of hydrogen-bond acceptors (Lipinski definition) is 3. The van der Waals surface area contributed by atoms with Gasteiger partial charge in [0.05, 0.1) is 11.8 Å². The number of likely N-dealkylation sites (N-methyl/N-ethyl adjacent to an activating group) is 1. The first-order valence-electron chi connectivity index (χ1n) is 6.75. The molecule has 4 atom stereocenters. The minimum atomic E-state index is -0.244. The number of carbonyl (C=O) groups excluding carboxylic acids is 3. The van der Waals surface area contributed by atoms with Crippen LogP contribution in [0.15, 0.2) is 0 Å². The Morgan fingerprint density at radius 3 is 2.28 bits per heavy atom. The van der Waals surface area contributed by atoms with E-state index in [0.717, 1.165) is 19.3 Å². The molecule has 0 spiro atoms. The highest BCUT2D eigenvalue weighted by Gasteiger charge is 2.60. The summed E-state index contributed by atoms with van der Waals surface area (Å²) in [4.78, 5) is 37.2. The zero-order chi connectivity index (χ0) is 12.9. The van der Waals surface area contributed by atoms with E-state index in [0.29, 0.717) is 18.4 Å². The standard InChI is InChI=1S/C13H18N2O3/c1-2-14-9(16)6-15-12(17)10-7-3-4-8(5-7)11(10)13(15)18/h7-8,10-11H,2-6H2,1H3,(H,14,16). The lowest BCUT2D eigenvalue weighted by Gasteiger charge is -2.19. The predicted octanol–water partition coefficient (Wildman–Crippen LogP) is 0.154. The van der Waals surface area contributed by atoms with Crippen molar-refractivity contribution in [1.29, 1.82) is 0 Å². The van der Waals surface area contributed by atoms with Crippen LogP contribution in [0.25, 0.3) is 0 Å². The van der Waals surface area contributed by atoms with Gasteiger partial charge in [-0.1, -0.05) is 0 Å². The van der Waals surface area contributed by atoms with Crippen molar-refractivity contribution >= 4 is 17.7 Å². The Balaban J connectivity index is 1.76. The minimum absolute atomic E-state index is 0.0993. The summed E-state index contributed by atoms with van der Waals surface area (Å²) in [5, 5.41) is 2.63. The molecule has 3 amide bonds.